The molecule has 0 aromatic carbocycles. The molecule has 2 atom stereocenters. The summed E-state index contributed by atoms with van der Waals surface area (Å²) in [6.45, 7) is 6.04. The van der Waals surface area contributed by atoms with Crippen LogP contribution in [-0.2, 0) is 4.74 Å². The fourth-order valence-corrected chi connectivity index (χ4v) is 3.27. The second-order valence-electron chi connectivity index (χ2n) is 4.37. The van der Waals surface area contributed by atoms with E-state index in [9.17, 15) is 0 Å². The zero-order chi connectivity index (χ0) is 10.8. The van der Waals surface area contributed by atoms with Crippen LogP contribution in [0.3, 0.4) is 0 Å². The molecule has 2 heterocycles. The third-order valence-electron chi connectivity index (χ3n) is 3.14. The molecule has 1 aromatic heterocycles. The monoisotopic (exact) mass is 225 g/mol. The first-order valence-corrected chi connectivity index (χ1v) is 6.40. The standard InChI is InChI=1S/C12H19NOS/c1-8-6-11(9(2)15-8)12(13)10-4-3-5-14-7-10/h6,10,12H,3-5,7,13H2,1-2H3. The van der Waals surface area contributed by atoms with Crippen LogP contribution in [-0.4, -0.2) is 13.2 Å². The lowest BCUT2D eigenvalue weighted by Crippen LogP contribution is -2.29. The molecule has 2 rings (SSSR count). The first-order chi connectivity index (χ1) is 7.18. The van der Waals surface area contributed by atoms with Crippen molar-refractivity contribution in [1.82, 2.24) is 0 Å². The number of nitrogens with two attached hydrogens (primary N) is 1. The Morgan fingerprint density at radius 2 is 2.33 bits per heavy atom. The van der Waals surface area contributed by atoms with Gasteiger partial charge in [-0.1, -0.05) is 0 Å². The van der Waals surface area contributed by atoms with Crippen molar-refractivity contribution >= 4 is 11.3 Å². The summed E-state index contributed by atoms with van der Waals surface area (Å²) in [6, 6.07) is 2.40. The van der Waals surface area contributed by atoms with Gasteiger partial charge in [0, 0.05) is 28.3 Å². The topological polar surface area (TPSA) is 35.2 Å². The molecule has 1 saturated heterocycles. The summed E-state index contributed by atoms with van der Waals surface area (Å²) in [5.74, 6) is 0.506. The highest BCUT2D eigenvalue weighted by atomic mass is 32.1. The van der Waals surface area contributed by atoms with E-state index in [0.29, 0.717) is 5.92 Å². The maximum Gasteiger partial charge on any atom is 0.0512 e. The molecule has 0 amide bonds. The molecule has 0 bridgehead atoms. The zero-order valence-electron chi connectivity index (χ0n) is 9.45. The molecule has 1 aromatic rings. The minimum atomic E-state index is 0.162. The average Bonchev–Trinajstić information content (AvgIpc) is 2.58. The largest absolute Gasteiger partial charge is 0.381 e. The van der Waals surface area contributed by atoms with Gasteiger partial charge in [-0.3, -0.25) is 0 Å². The van der Waals surface area contributed by atoms with E-state index in [1.165, 1.54) is 21.7 Å². The van der Waals surface area contributed by atoms with Gasteiger partial charge in [0.1, 0.15) is 0 Å². The summed E-state index contributed by atoms with van der Waals surface area (Å²) >= 11 is 1.84. The molecule has 0 radical (unpaired) electrons. The van der Waals surface area contributed by atoms with Gasteiger partial charge in [0.15, 0.2) is 0 Å². The molecule has 1 aliphatic heterocycles. The van der Waals surface area contributed by atoms with Crippen molar-refractivity contribution in [2.24, 2.45) is 11.7 Å². The Morgan fingerprint density at radius 1 is 1.53 bits per heavy atom. The van der Waals surface area contributed by atoms with Gasteiger partial charge >= 0.3 is 0 Å². The highest BCUT2D eigenvalue weighted by Crippen LogP contribution is 2.32. The van der Waals surface area contributed by atoms with E-state index in [0.717, 1.165) is 19.6 Å². The summed E-state index contributed by atoms with van der Waals surface area (Å²) in [5.41, 5.74) is 7.64. The molecule has 15 heavy (non-hydrogen) atoms. The van der Waals surface area contributed by atoms with Gasteiger partial charge in [-0.2, -0.15) is 0 Å². The first-order valence-electron chi connectivity index (χ1n) is 5.58. The molecule has 0 aliphatic carbocycles. The van der Waals surface area contributed by atoms with Gasteiger partial charge in [-0.15, -0.1) is 11.3 Å². The predicted molar refractivity (Wildman–Crippen MR) is 64.3 cm³/mol. The number of hydrogen-bond donors (Lipinski definition) is 1. The molecule has 2 N–H and O–H groups in total. The average molecular weight is 225 g/mol. The number of rotatable bonds is 2. The van der Waals surface area contributed by atoms with E-state index in [4.69, 9.17) is 10.5 Å². The second-order valence-corrected chi connectivity index (χ2v) is 5.83. The maximum atomic E-state index is 6.31. The van der Waals surface area contributed by atoms with Crippen LogP contribution >= 0.6 is 11.3 Å². The Morgan fingerprint density at radius 3 is 2.87 bits per heavy atom. The first kappa shape index (κ1) is 11.1. The third kappa shape index (κ3) is 2.41. The van der Waals surface area contributed by atoms with Gasteiger partial charge in [0.2, 0.25) is 0 Å². The van der Waals surface area contributed by atoms with E-state index in [1.54, 1.807) is 0 Å². The Balaban J connectivity index is 2.12. The van der Waals surface area contributed by atoms with Crippen LogP contribution in [0.5, 0.6) is 0 Å². The third-order valence-corrected chi connectivity index (χ3v) is 4.12. The molecule has 1 fully saturated rings. The van der Waals surface area contributed by atoms with Crippen LogP contribution in [0.25, 0.3) is 0 Å². The normalized spacial score (nSPS) is 24.1. The SMILES string of the molecule is Cc1cc(C(N)C2CCCOC2)c(C)s1. The van der Waals surface area contributed by atoms with Gasteiger partial charge in [0.25, 0.3) is 0 Å². The highest BCUT2D eigenvalue weighted by Gasteiger charge is 2.24. The lowest BCUT2D eigenvalue weighted by atomic mass is 9.89. The summed E-state index contributed by atoms with van der Waals surface area (Å²) < 4.78 is 5.49. The summed E-state index contributed by atoms with van der Waals surface area (Å²) in [7, 11) is 0. The van der Waals surface area contributed by atoms with Crippen molar-refractivity contribution in [3.05, 3.63) is 21.4 Å². The van der Waals surface area contributed by atoms with Crippen LogP contribution in [0.15, 0.2) is 6.07 Å². The van der Waals surface area contributed by atoms with Crippen molar-refractivity contribution in [2.75, 3.05) is 13.2 Å². The summed E-state index contributed by atoms with van der Waals surface area (Å²) in [5, 5.41) is 0. The highest BCUT2D eigenvalue weighted by molar-refractivity contribution is 7.12. The Labute approximate surface area is 95.4 Å². The van der Waals surface area contributed by atoms with Crippen LogP contribution in [0.2, 0.25) is 0 Å². The fourth-order valence-electron chi connectivity index (χ4n) is 2.28. The van der Waals surface area contributed by atoms with Gasteiger partial charge < -0.3 is 10.5 Å². The number of thiophene rings is 1. The van der Waals surface area contributed by atoms with E-state index >= 15 is 0 Å². The quantitative estimate of drug-likeness (QED) is 0.840. The molecule has 2 unspecified atom stereocenters. The van der Waals surface area contributed by atoms with Crippen molar-refractivity contribution in [3.63, 3.8) is 0 Å². The number of ether oxygens (including phenoxy) is 1. The van der Waals surface area contributed by atoms with Crippen LogP contribution in [0.4, 0.5) is 0 Å². The van der Waals surface area contributed by atoms with Gasteiger partial charge in [-0.25, -0.2) is 0 Å². The number of aryl methyl sites for hydroxylation is 2. The van der Waals surface area contributed by atoms with E-state index in [1.807, 2.05) is 11.3 Å². The summed E-state index contributed by atoms with van der Waals surface area (Å²) in [4.78, 5) is 2.72. The molecule has 0 spiro atoms. The summed E-state index contributed by atoms with van der Waals surface area (Å²) in [6.07, 6.45) is 2.36. The fraction of sp³-hybridized carbons (Fsp3) is 0.667. The van der Waals surface area contributed by atoms with Crippen molar-refractivity contribution in [2.45, 2.75) is 32.7 Å². The molecule has 3 heteroatoms. The predicted octanol–water partition coefficient (Wildman–Crippen LogP) is 2.79. The molecule has 1 aliphatic rings. The zero-order valence-corrected chi connectivity index (χ0v) is 10.3. The minimum absolute atomic E-state index is 0.162. The molecular weight excluding hydrogens is 206 g/mol. The van der Waals surface area contributed by atoms with Crippen LogP contribution in [0.1, 0.15) is 34.2 Å². The Kier molecular flexibility index (Phi) is 3.44. The van der Waals surface area contributed by atoms with E-state index in [2.05, 4.69) is 19.9 Å². The lowest BCUT2D eigenvalue weighted by Gasteiger charge is -2.27. The van der Waals surface area contributed by atoms with Gasteiger partial charge in [-0.05, 0) is 38.3 Å². The van der Waals surface area contributed by atoms with E-state index in [-0.39, 0.29) is 6.04 Å². The van der Waals surface area contributed by atoms with Crippen LogP contribution < -0.4 is 5.73 Å². The molecular formula is C12H19NOS. The Bertz CT molecular complexity index is 328. The molecule has 0 saturated carbocycles. The molecule has 2 nitrogen and oxygen atoms in total. The smallest absolute Gasteiger partial charge is 0.0512 e. The van der Waals surface area contributed by atoms with Crippen LogP contribution in [0, 0.1) is 19.8 Å². The van der Waals surface area contributed by atoms with Gasteiger partial charge in [0.05, 0.1) is 6.61 Å². The molecule has 84 valence electrons. The maximum absolute atomic E-state index is 6.31. The lowest BCUT2D eigenvalue weighted by molar-refractivity contribution is 0.0447. The Hall–Kier alpha value is -0.380. The number of hydrogen-bond acceptors (Lipinski definition) is 3. The minimum Gasteiger partial charge on any atom is -0.381 e. The van der Waals surface area contributed by atoms with Crippen molar-refractivity contribution in [1.29, 1.82) is 0 Å². The second kappa shape index (κ2) is 4.64. The van der Waals surface area contributed by atoms with Crippen molar-refractivity contribution < 1.29 is 4.74 Å². The van der Waals surface area contributed by atoms with E-state index < -0.39 is 0 Å². The van der Waals surface area contributed by atoms with Crippen molar-refractivity contribution in [3.8, 4) is 0 Å².